The molecule has 0 spiro atoms. The summed E-state index contributed by atoms with van der Waals surface area (Å²) in [6.45, 7) is 4.26. The lowest BCUT2D eigenvalue weighted by molar-refractivity contribution is 1.14. The third-order valence-corrected chi connectivity index (χ3v) is 3.27. The van der Waals surface area contributed by atoms with Gasteiger partial charge in [0.05, 0.1) is 5.69 Å². The van der Waals surface area contributed by atoms with E-state index in [-0.39, 0.29) is 17.0 Å². The second kappa shape index (κ2) is 5.57. The van der Waals surface area contributed by atoms with E-state index in [4.69, 9.17) is 0 Å². The van der Waals surface area contributed by atoms with Crippen molar-refractivity contribution < 1.29 is 0 Å². The molecule has 3 aromatic rings. The molecule has 0 atom stereocenters. The van der Waals surface area contributed by atoms with Crippen LogP contribution in [0.1, 0.15) is 18.1 Å². The van der Waals surface area contributed by atoms with E-state index in [9.17, 15) is 0 Å². The molecule has 0 aliphatic heterocycles. The van der Waals surface area contributed by atoms with Crippen molar-refractivity contribution in [2.75, 3.05) is 0 Å². The summed E-state index contributed by atoms with van der Waals surface area (Å²) in [5.41, 5.74) is 5.81. The minimum atomic E-state index is 0. The van der Waals surface area contributed by atoms with Gasteiger partial charge in [0.25, 0.3) is 0 Å². The molecule has 0 N–H and O–H groups in total. The van der Waals surface area contributed by atoms with Crippen molar-refractivity contribution in [3.05, 3.63) is 59.9 Å². The maximum atomic E-state index is 4.66. The number of pyridine rings is 1. The fraction of sp³-hybridized carbons (Fsp3) is 0.188. The molecule has 98 valence electrons. The maximum absolute atomic E-state index is 4.66. The van der Waals surface area contributed by atoms with E-state index < -0.39 is 0 Å². The van der Waals surface area contributed by atoms with Gasteiger partial charge in [-0.25, -0.2) is 4.98 Å². The Labute approximate surface area is 123 Å². The van der Waals surface area contributed by atoms with Crippen LogP contribution in [0.2, 0.25) is 0 Å². The molecule has 2 nitrogen and oxygen atoms in total. The normalized spacial score (nSPS) is 10.4. The van der Waals surface area contributed by atoms with Gasteiger partial charge < -0.3 is 4.40 Å². The Hall–Kier alpha value is -1.61. The van der Waals surface area contributed by atoms with Gasteiger partial charge in [-0.05, 0) is 36.6 Å². The molecular formula is C16H17BrN2. The predicted octanol–water partition coefficient (Wildman–Crippen LogP) is 4.45. The van der Waals surface area contributed by atoms with Crippen LogP contribution in [0, 0.1) is 6.92 Å². The Balaban J connectivity index is 0.00000133. The van der Waals surface area contributed by atoms with Gasteiger partial charge >= 0.3 is 0 Å². The van der Waals surface area contributed by atoms with Crippen molar-refractivity contribution in [1.82, 2.24) is 9.38 Å². The smallest absolute Gasteiger partial charge is 0.137 e. The number of imidazole rings is 1. The summed E-state index contributed by atoms with van der Waals surface area (Å²) in [6.07, 6.45) is 5.21. The van der Waals surface area contributed by atoms with Gasteiger partial charge in [0, 0.05) is 18.0 Å². The number of nitrogens with zero attached hydrogens (tertiary/aromatic N) is 2. The van der Waals surface area contributed by atoms with E-state index in [1.54, 1.807) is 0 Å². The summed E-state index contributed by atoms with van der Waals surface area (Å²) < 4.78 is 2.07. The zero-order valence-corrected chi connectivity index (χ0v) is 12.8. The van der Waals surface area contributed by atoms with Crippen LogP contribution >= 0.6 is 17.0 Å². The highest BCUT2D eigenvalue weighted by Gasteiger charge is 2.04. The fourth-order valence-corrected chi connectivity index (χ4v) is 2.13. The van der Waals surface area contributed by atoms with E-state index in [2.05, 4.69) is 72.0 Å². The van der Waals surface area contributed by atoms with Crippen molar-refractivity contribution in [2.24, 2.45) is 0 Å². The number of aromatic nitrogens is 2. The van der Waals surface area contributed by atoms with E-state index in [0.717, 1.165) is 17.8 Å². The lowest BCUT2D eigenvalue weighted by Crippen LogP contribution is -1.81. The SMILES string of the molecule is Br.CCc1ccc(-c2cn3ccc(C)cc3n2)cc1. The molecule has 0 amide bonds. The molecule has 0 radical (unpaired) electrons. The number of benzene rings is 1. The van der Waals surface area contributed by atoms with Crippen LogP contribution in [0.25, 0.3) is 16.9 Å². The van der Waals surface area contributed by atoms with Crippen molar-refractivity contribution >= 4 is 22.6 Å². The first kappa shape index (κ1) is 13.8. The number of rotatable bonds is 2. The topological polar surface area (TPSA) is 17.3 Å². The van der Waals surface area contributed by atoms with E-state index in [1.165, 1.54) is 16.7 Å². The van der Waals surface area contributed by atoms with Crippen LogP contribution in [0.15, 0.2) is 48.8 Å². The van der Waals surface area contributed by atoms with Gasteiger partial charge in [-0.2, -0.15) is 0 Å². The Kier molecular flexibility index (Phi) is 4.05. The number of fused-ring (bicyclic) bond motifs is 1. The number of halogens is 1. The fourth-order valence-electron chi connectivity index (χ4n) is 2.13. The standard InChI is InChI=1S/C16H16N2.BrH/c1-3-13-4-6-14(7-5-13)15-11-18-9-8-12(2)10-16(18)17-15;/h4-11H,3H2,1-2H3;1H. The maximum Gasteiger partial charge on any atom is 0.137 e. The summed E-state index contributed by atoms with van der Waals surface area (Å²) in [5.74, 6) is 0. The Morgan fingerprint density at radius 3 is 2.53 bits per heavy atom. The van der Waals surface area contributed by atoms with E-state index in [1.807, 2.05) is 0 Å². The van der Waals surface area contributed by atoms with Crippen LogP contribution in [0.4, 0.5) is 0 Å². The molecular weight excluding hydrogens is 300 g/mol. The molecule has 0 aliphatic carbocycles. The largest absolute Gasteiger partial charge is 0.306 e. The second-order valence-electron chi connectivity index (χ2n) is 4.65. The van der Waals surface area contributed by atoms with Gasteiger partial charge in [0.1, 0.15) is 5.65 Å². The molecule has 0 bridgehead atoms. The van der Waals surface area contributed by atoms with Crippen LogP contribution in [-0.2, 0) is 6.42 Å². The van der Waals surface area contributed by atoms with Gasteiger partial charge in [0.2, 0.25) is 0 Å². The monoisotopic (exact) mass is 316 g/mol. The zero-order chi connectivity index (χ0) is 12.5. The van der Waals surface area contributed by atoms with Crippen molar-refractivity contribution in [2.45, 2.75) is 20.3 Å². The van der Waals surface area contributed by atoms with Gasteiger partial charge in [0.15, 0.2) is 0 Å². The average Bonchev–Trinajstić information content (AvgIpc) is 2.81. The van der Waals surface area contributed by atoms with Gasteiger partial charge in [-0.1, -0.05) is 31.2 Å². The van der Waals surface area contributed by atoms with Crippen molar-refractivity contribution in [3.8, 4) is 11.3 Å². The highest BCUT2D eigenvalue weighted by molar-refractivity contribution is 8.93. The average molecular weight is 317 g/mol. The minimum absolute atomic E-state index is 0. The molecule has 3 heteroatoms. The Morgan fingerprint density at radius 1 is 1.11 bits per heavy atom. The van der Waals surface area contributed by atoms with Crippen LogP contribution < -0.4 is 0 Å². The third kappa shape index (κ3) is 2.71. The Morgan fingerprint density at radius 2 is 1.84 bits per heavy atom. The highest BCUT2D eigenvalue weighted by Crippen LogP contribution is 2.20. The van der Waals surface area contributed by atoms with Gasteiger partial charge in [-0.15, -0.1) is 17.0 Å². The van der Waals surface area contributed by atoms with Crippen LogP contribution in [0.3, 0.4) is 0 Å². The van der Waals surface area contributed by atoms with Crippen LogP contribution in [-0.4, -0.2) is 9.38 Å². The molecule has 3 rings (SSSR count). The lowest BCUT2D eigenvalue weighted by atomic mass is 10.1. The molecule has 19 heavy (non-hydrogen) atoms. The van der Waals surface area contributed by atoms with Gasteiger partial charge in [-0.3, -0.25) is 0 Å². The molecule has 2 heterocycles. The first-order chi connectivity index (χ1) is 8.76. The molecule has 0 saturated heterocycles. The van der Waals surface area contributed by atoms with E-state index >= 15 is 0 Å². The molecule has 1 aromatic carbocycles. The summed E-state index contributed by atoms with van der Waals surface area (Å²) in [7, 11) is 0. The second-order valence-corrected chi connectivity index (χ2v) is 4.65. The van der Waals surface area contributed by atoms with Crippen LogP contribution in [0.5, 0.6) is 0 Å². The Bertz CT molecular complexity index is 684. The zero-order valence-electron chi connectivity index (χ0n) is 11.1. The molecule has 0 saturated carbocycles. The van der Waals surface area contributed by atoms with Crippen molar-refractivity contribution in [1.29, 1.82) is 0 Å². The van der Waals surface area contributed by atoms with Crippen molar-refractivity contribution in [3.63, 3.8) is 0 Å². The summed E-state index contributed by atoms with van der Waals surface area (Å²) >= 11 is 0. The molecule has 0 fully saturated rings. The lowest BCUT2D eigenvalue weighted by Gasteiger charge is -1.98. The quantitative estimate of drug-likeness (QED) is 0.682. The highest BCUT2D eigenvalue weighted by atomic mass is 79.9. The molecule has 2 aromatic heterocycles. The number of hydrogen-bond acceptors (Lipinski definition) is 1. The minimum Gasteiger partial charge on any atom is -0.306 e. The third-order valence-electron chi connectivity index (χ3n) is 3.27. The summed E-state index contributed by atoms with van der Waals surface area (Å²) in [5, 5.41) is 0. The summed E-state index contributed by atoms with van der Waals surface area (Å²) in [4.78, 5) is 4.66. The number of aryl methyl sites for hydroxylation is 2. The molecule has 0 aliphatic rings. The first-order valence-corrected chi connectivity index (χ1v) is 6.31. The first-order valence-electron chi connectivity index (χ1n) is 6.31. The number of hydrogen-bond donors (Lipinski definition) is 0. The van der Waals surface area contributed by atoms with E-state index in [0.29, 0.717) is 0 Å². The summed E-state index contributed by atoms with van der Waals surface area (Å²) in [6, 6.07) is 12.8. The predicted molar refractivity (Wildman–Crippen MR) is 85.1 cm³/mol. The molecule has 0 unspecified atom stereocenters.